The standard InChI is InChI=1S/C9H10F3N3O3/c10-9(11,12)8(16)4-14-7-2-1-5(15(17)18)3-6(7)13/h1-3,8,14,16H,4,13H2. The van der Waals surface area contributed by atoms with E-state index in [1.165, 1.54) is 6.07 Å². The number of nitrogens with one attached hydrogen (secondary N) is 1. The van der Waals surface area contributed by atoms with E-state index in [1.807, 2.05) is 0 Å². The monoisotopic (exact) mass is 265 g/mol. The third-order valence-corrected chi connectivity index (χ3v) is 2.11. The van der Waals surface area contributed by atoms with E-state index in [-0.39, 0.29) is 17.1 Å². The first-order chi connectivity index (χ1) is 8.21. The summed E-state index contributed by atoms with van der Waals surface area (Å²) >= 11 is 0. The Balaban J connectivity index is 2.72. The lowest BCUT2D eigenvalue weighted by atomic mass is 10.2. The molecule has 0 spiro atoms. The van der Waals surface area contributed by atoms with E-state index in [9.17, 15) is 23.3 Å². The van der Waals surface area contributed by atoms with Crippen LogP contribution in [0.2, 0.25) is 0 Å². The summed E-state index contributed by atoms with van der Waals surface area (Å²) in [6.45, 7) is -0.786. The Bertz CT molecular complexity index is 450. The maximum absolute atomic E-state index is 12.0. The molecular formula is C9H10F3N3O3. The van der Waals surface area contributed by atoms with Crippen LogP contribution in [-0.4, -0.2) is 28.9 Å². The average Bonchev–Trinajstić information content (AvgIpc) is 2.25. The Hall–Kier alpha value is -2.03. The molecule has 4 N–H and O–H groups in total. The van der Waals surface area contributed by atoms with Crippen molar-refractivity contribution in [1.82, 2.24) is 0 Å². The Morgan fingerprint density at radius 1 is 1.50 bits per heavy atom. The molecule has 0 saturated heterocycles. The maximum atomic E-state index is 12.0. The number of non-ortho nitro benzene ring substituents is 1. The third-order valence-electron chi connectivity index (χ3n) is 2.11. The lowest BCUT2D eigenvalue weighted by Crippen LogP contribution is -2.35. The van der Waals surface area contributed by atoms with Gasteiger partial charge in [-0.05, 0) is 6.07 Å². The normalized spacial score (nSPS) is 13.1. The first-order valence-electron chi connectivity index (χ1n) is 4.74. The molecule has 0 radical (unpaired) electrons. The van der Waals surface area contributed by atoms with Crippen LogP contribution in [0.25, 0.3) is 0 Å². The number of alkyl halides is 3. The summed E-state index contributed by atoms with van der Waals surface area (Å²) in [4.78, 5) is 9.73. The fourth-order valence-corrected chi connectivity index (χ4v) is 1.15. The number of nitro groups is 1. The van der Waals surface area contributed by atoms with Gasteiger partial charge < -0.3 is 16.2 Å². The van der Waals surface area contributed by atoms with Crippen LogP contribution >= 0.6 is 0 Å². The van der Waals surface area contributed by atoms with Gasteiger partial charge >= 0.3 is 6.18 Å². The van der Waals surface area contributed by atoms with Crippen molar-refractivity contribution in [3.05, 3.63) is 28.3 Å². The number of nitrogens with two attached hydrogens (primary N) is 1. The van der Waals surface area contributed by atoms with Crippen LogP contribution in [0.4, 0.5) is 30.2 Å². The smallest absolute Gasteiger partial charge is 0.397 e. The van der Waals surface area contributed by atoms with Crippen molar-refractivity contribution in [3.8, 4) is 0 Å². The Labute approximate surface area is 99.4 Å². The number of nitro benzene ring substituents is 1. The number of hydrogen-bond acceptors (Lipinski definition) is 5. The van der Waals surface area contributed by atoms with Crippen LogP contribution in [0.5, 0.6) is 0 Å². The molecule has 1 unspecified atom stereocenters. The highest BCUT2D eigenvalue weighted by molar-refractivity contribution is 5.69. The summed E-state index contributed by atoms with van der Waals surface area (Å²) in [5, 5.41) is 21.4. The number of hydrogen-bond donors (Lipinski definition) is 3. The van der Waals surface area contributed by atoms with Crippen molar-refractivity contribution in [2.45, 2.75) is 12.3 Å². The van der Waals surface area contributed by atoms with Gasteiger partial charge in [-0.15, -0.1) is 0 Å². The lowest BCUT2D eigenvalue weighted by Gasteiger charge is -2.16. The summed E-state index contributed by atoms with van der Waals surface area (Å²) < 4.78 is 36.0. The van der Waals surface area contributed by atoms with Gasteiger partial charge in [0.2, 0.25) is 0 Å². The summed E-state index contributed by atoms with van der Waals surface area (Å²) in [6.07, 6.45) is -7.27. The van der Waals surface area contributed by atoms with Gasteiger partial charge in [0.15, 0.2) is 6.10 Å². The second-order valence-electron chi connectivity index (χ2n) is 3.47. The SMILES string of the molecule is Nc1cc([N+](=O)[O-])ccc1NCC(O)C(F)(F)F. The topological polar surface area (TPSA) is 101 Å². The molecule has 0 heterocycles. The molecule has 1 rings (SSSR count). The molecule has 0 saturated carbocycles. The first kappa shape index (κ1) is 14.0. The molecule has 1 aromatic rings. The van der Waals surface area contributed by atoms with Gasteiger partial charge in [-0.2, -0.15) is 13.2 Å². The minimum absolute atomic E-state index is 0.0708. The van der Waals surface area contributed by atoms with E-state index in [0.717, 1.165) is 12.1 Å². The average molecular weight is 265 g/mol. The van der Waals surface area contributed by atoms with Gasteiger partial charge in [-0.25, -0.2) is 0 Å². The molecule has 0 aliphatic carbocycles. The van der Waals surface area contributed by atoms with E-state index in [0.29, 0.717) is 0 Å². The number of nitrogens with zero attached hydrogens (tertiary/aromatic N) is 1. The Kier molecular flexibility index (Phi) is 3.96. The number of benzene rings is 1. The summed E-state index contributed by atoms with van der Waals surface area (Å²) in [5.74, 6) is 0. The van der Waals surface area contributed by atoms with Crippen molar-refractivity contribution in [2.24, 2.45) is 0 Å². The number of nitrogen functional groups attached to an aromatic ring is 1. The molecule has 0 aliphatic rings. The summed E-state index contributed by atoms with van der Waals surface area (Å²) in [7, 11) is 0. The van der Waals surface area contributed by atoms with Gasteiger partial charge in [0, 0.05) is 18.7 Å². The Morgan fingerprint density at radius 2 is 2.11 bits per heavy atom. The number of aliphatic hydroxyl groups excluding tert-OH is 1. The molecule has 100 valence electrons. The predicted octanol–water partition coefficient (Wildman–Crippen LogP) is 1.51. The van der Waals surface area contributed by atoms with Crippen molar-refractivity contribution >= 4 is 17.1 Å². The largest absolute Gasteiger partial charge is 0.416 e. The van der Waals surface area contributed by atoms with Crippen LogP contribution in [0.15, 0.2) is 18.2 Å². The fourth-order valence-electron chi connectivity index (χ4n) is 1.15. The first-order valence-corrected chi connectivity index (χ1v) is 4.74. The molecule has 0 amide bonds. The van der Waals surface area contributed by atoms with Crippen LogP contribution in [0.1, 0.15) is 0 Å². The zero-order chi connectivity index (χ0) is 13.9. The molecule has 0 bridgehead atoms. The van der Waals surface area contributed by atoms with Crippen molar-refractivity contribution in [3.63, 3.8) is 0 Å². The third kappa shape index (κ3) is 3.48. The van der Waals surface area contributed by atoms with Gasteiger partial charge in [0.1, 0.15) is 0 Å². The molecule has 9 heteroatoms. The zero-order valence-electron chi connectivity index (χ0n) is 8.94. The van der Waals surface area contributed by atoms with E-state index in [4.69, 9.17) is 10.8 Å². The molecule has 18 heavy (non-hydrogen) atoms. The zero-order valence-corrected chi connectivity index (χ0v) is 8.94. The predicted molar refractivity (Wildman–Crippen MR) is 58.1 cm³/mol. The lowest BCUT2D eigenvalue weighted by molar-refractivity contribution is -0.384. The second-order valence-corrected chi connectivity index (χ2v) is 3.47. The molecule has 0 fully saturated rings. The molecular weight excluding hydrogens is 255 g/mol. The summed E-state index contributed by atoms with van der Waals surface area (Å²) in [5.41, 5.74) is 5.17. The molecule has 0 aromatic heterocycles. The number of rotatable bonds is 4. The van der Waals surface area contributed by atoms with E-state index in [2.05, 4.69) is 5.32 Å². The van der Waals surface area contributed by atoms with Gasteiger partial charge in [0.25, 0.3) is 5.69 Å². The van der Waals surface area contributed by atoms with Gasteiger partial charge in [0.05, 0.1) is 16.3 Å². The van der Waals surface area contributed by atoms with Gasteiger partial charge in [-0.3, -0.25) is 10.1 Å². The van der Waals surface area contributed by atoms with Crippen molar-refractivity contribution < 1.29 is 23.2 Å². The van der Waals surface area contributed by atoms with Crippen molar-refractivity contribution in [2.75, 3.05) is 17.6 Å². The second kappa shape index (κ2) is 5.08. The molecule has 6 nitrogen and oxygen atoms in total. The van der Waals surface area contributed by atoms with Crippen molar-refractivity contribution in [1.29, 1.82) is 0 Å². The van der Waals surface area contributed by atoms with Crippen LogP contribution in [-0.2, 0) is 0 Å². The molecule has 0 aliphatic heterocycles. The van der Waals surface area contributed by atoms with Gasteiger partial charge in [-0.1, -0.05) is 0 Å². The highest BCUT2D eigenvalue weighted by Crippen LogP contribution is 2.25. The Morgan fingerprint density at radius 3 is 2.56 bits per heavy atom. The van der Waals surface area contributed by atoms with E-state index in [1.54, 1.807) is 0 Å². The van der Waals surface area contributed by atoms with E-state index >= 15 is 0 Å². The minimum atomic E-state index is -4.73. The molecule has 1 aromatic carbocycles. The number of anilines is 2. The van der Waals surface area contributed by atoms with Crippen LogP contribution < -0.4 is 11.1 Å². The minimum Gasteiger partial charge on any atom is -0.397 e. The highest BCUT2D eigenvalue weighted by Gasteiger charge is 2.37. The summed E-state index contributed by atoms with van der Waals surface area (Å²) in [6, 6.07) is 3.29. The molecule has 1 atom stereocenters. The van der Waals surface area contributed by atoms with E-state index < -0.39 is 23.7 Å². The quantitative estimate of drug-likeness (QED) is 0.435. The van der Waals surface area contributed by atoms with Crippen LogP contribution in [0, 0.1) is 10.1 Å². The fraction of sp³-hybridized carbons (Fsp3) is 0.333. The highest BCUT2D eigenvalue weighted by atomic mass is 19.4. The number of aliphatic hydroxyl groups is 1. The maximum Gasteiger partial charge on any atom is 0.416 e. The van der Waals surface area contributed by atoms with Crippen LogP contribution in [0.3, 0.4) is 0 Å². The number of halogens is 3.